The normalized spacial score (nSPS) is 13.4. The third kappa shape index (κ3) is 24.2. The Morgan fingerprint density at radius 1 is 0.390 bits per heavy atom. The number of primary amides is 2. The van der Waals surface area contributed by atoms with E-state index in [1.807, 2.05) is 66.7 Å². The van der Waals surface area contributed by atoms with Crippen LogP contribution in [0.25, 0.3) is 10.8 Å². The summed E-state index contributed by atoms with van der Waals surface area (Å²) in [5.74, 6) is -7.10. The maximum absolute atomic E-state index is 14.9. The highest BCUT2D eigenvalue weighted by molar-refractivity contribution is 5.97. The van der Waals surface area contributed by atoms with E-state index in [1.165, 1.54) is 0 Å². The summed E-state index contributed by atoms with van der Waals surface area (Å²) in [4.78, 5) is 122. The second kappa shape index (κ2) is 34.5. The van der Waals surface area contributed by atoms with Crippen LogP contribution in [0.1, 0.15) is 68.1 Å². The van der Waals surface area contributed by atoms with Gasteiger partial charge in [-0.15, -0.1) is 0 Å². The number of fused-ring (bicyclic) bond motifs is 1. The van der Waals surface area contributed by atoms with E-state index in [0.29, 0.717) is 11.1 Å². The summed E-state index contributed by atoms with van der Waals surface area (Å²) in [6.45, 7) is 0.0872. The molecule has 23 N–H and O–H groups in total. The first kappa shape index (κ1) is 65.0. The van der Waals surface area contributed by atoms with Gasteiger partial charge in [0.05, 0.1) is 6.04 Å². The first-order chi connectivity index (χ1) is 39.2. The Morgan fingerprint density at radius 3 is 1.16 bits per heavy atom. The molecule has 0 unspecified atom stereocenters. The number of benzene rings is 4. The maximum Gasteiger partial charge on any atom is 0.326 e. The molecule has 0 bridgehead atoms. The van der Waals surface area contributed by atoms with Gasteiger partial charge in [0.25, 0.3) is 0 Å². The molecule has 10 amide bonds. The summed E-state index contributed by atoms with van der Waals surface area (Å²) in [7, 11) is 0. The van der Waals surface area contributed by atoms with E-state index in [9.17, 15) is 48.3 Å². The van der Waals surface area contributed by atoms with Gasteiger partial charge in [-0.2, -0.15) is 0 Å². The largest absolute Gasteiger partial charge is 0.480 e. The number of hydrogen-bond acceptors (Lipinski definition) is 12. The van der Waals surface area contributed by atoms with E-state index < -0.39 is 95.8 Å². The van der Waals surface area contributed by atoms with Gasteiger partial charge >= 0.3 is 18.0 Å². The molecule has 7 atom stereocenters. The van der Waals surface area contributed by atoms with Crippen LogP contribution in [-0.2, 0) is 52.8 Å². The lowest BCUT2D eigenvalue weighted by molar-refractivity contribution is -0.142. The number of carbonyl (C=O) groups is 9. The van der Waals surface area contributed by atoms with E-state index >= 15 is 0 Å². The number of carbonyl (C=O) groups excluding carboxylic acids is 8. The van der Waals surface area contributed by atoms with Gasteiger partial charge in [0, 0.05) is 39.0 Å². The number of carboxylic acid groups (broad SMARTS) is 1. The number of urea groups is 2. The lowest BCUT2D eigenvalue weighted by Gasteiger charge is -2.28. The number of nitrogens with two attached hydrogens (primary N) is 5. The summed E-state index contributed by atoms with van der Waals surface area (Å²) in [5, 5.41) is 52.6. The number of guanidine groups is 2. The first-order valence-electron chi connectivity index (χ1n) is 26.8. The van der Waals surface area contributed by atoms with Crippen LogP contribution in [0.4, 0.5) is 9.59 Å². The molecule has 82 heavy (non-hydrogen) atoms. The van der Waals surface area contributed by atoms with Gasteiger partial charge < -0.3 is 86.9 Å². The van der Waals surface area contributed by atoms with Crippen LogP contribution in [0.2, 0.25) is 0 Å². The molecule has 442 valence electrons. The summed E-state index contributed by atoms with van der Waals surface area (Å²) in [6.07, 6.45) is -0.153. The van der Waals surface area contributed by atoms with Gasteiger partial charge in [0.15, 0.2) is 11.9 Å². The van der Waals surface area contributed by atoms with E-state index in [4.69, 9.17) is 39.5 Å². The molecule has 0 spiro atoms. The number of aliphatic carboxylic acids is 1. The summed E-state index contributed by atoms with van der Waals surface area (Å²) in [5.41, 5.74) is 29.8. The molecule has 4 aromatic rings. The van der Waals surface area contributed by atoms with Crippen molar-refractivity contribution >= 4 is 76.2 Å². The van der Waals surface area contributed by atoms with Crippen molar-refractivity contribution in [1.29, 1.82) is 10.8 Å². The van der Waals surface area contributed by atoms with Crippen molar-refractivity contribution in [3.05, 3.63) is 120 Å². The second-order valence-corrected chi connectivity index (χ2v) is 19.4. The lowest BCUT2D eigenvalue weighted by atomic mass is 9.99. The van der Waals surface area contributed by atoms with Crippen LogP contribution in [0, 0.1) is 10.8 Å². The topological polar surface area (TPSA) is 472 Å². The van der Waals surface area contributed by atoms with Gasteiger partial charge in [-0.1, -0.05) is 103 Å². The van der Waals surface area contributed by atoms with Crippen molar-refractivity contribution in [3.63, 3.8) is 0 Å². The van der Waals surface area contributed by atoms with Gasteiger partial charge in [0.1, 0.15) is 36.3 Å². The number of hydrogen-bond donors (Lipinski definition) is 18. The molecular weight excluding hydrogens is 1060 g/mol. The molecule has 0 aliphatic rings. The van der Waals surface area contributed by atoms with E-state index in [2.05, 4.69) is 53.2 Å². The Kier molecular flexibility index (Phi) is 27.3. The van der Waals surface area contributed by atoms with Gasteiger partial charge in [-0.3, -0.25) is 39.6 Å². The standard InChI is InChI=1S/C55H77N17O10/c56-38(30-33-13-3-1-4-14-33)45(73)71-43(31-34-15-5-2-6-16-34)50(78)72-44(32-35-23-24-36-17-7-8-18-37(36)29-35)49(77)69-40(20-10-27-65-54(61)81)47(75)67-39(19-9-25-63-52(57)58)46(74)68-41(21-11-28-66-55(62)82)48(76)70-42(51(79)80)22-12-26-64-53(59)60/h1-8,13-18,23-24,29,38-44H,9-12,19-22,25-28,30-32,56H2,(H,67,75)(H,68,74)(H,69,77)(H,70,76)(H,71,73)(H,72,78)(H,79,80)(H4,57,58,63)(H4,59,60,64)(H3,61,65,81)(H3,62,66,82)/t38-,39+,40-,41-,42+,43+,44-/m0/s1. The quantitative estimate of drug-likeness (QED) is 0.0143. The van der Waals surface area contributed by atoms with Crippen LogP contribution in [-0.4, -0.2) is 139 Å². The van der Waals surface area contributed by atoms with Crippen molar-refractivity contribution < 1.29 is 48.3 Å². The number of nitrogens with one attached hydrogen (secondary N) is 12. The minimum absolute atomic E-state index is 0.00305. The predicted octanol–water partition coefficient (Wildman–Crippen LogP) is -1.39. The molecule has 0 fully saturated rings. The number of rotatable bonds is 35. The number of carboxylic acids is 1. The van der Waals surface area contributed by atoms with Crippen molar-refractivity contribution in [2.75, 3.05) is 26.2 Å². The fourth-order valence-corrected chi connectivity index (χ4v) is 8.63. The Morgan fingerprint density at radius 2 is 0.732 bits per heavy atom. The minimum atomic E-state index is -1.48. The Bertz CT molecular complexity index is 2810. The Labute approximate surface area is 474 Å². The van der Waals surface area contributed by atoms with Gasteiger partial charge in [-0.05, 0) is 85.3 Å². The van der Waals surface area contributed by atoms with Crippen molar-refractivity contribution in [1.82, 2.24) is 53.2 Å². The monoisotopic (exact) mass is 1140 g/mol. The van der Waals surface area contributed by atoms with E-state index in [1.54, 1.807) is 36.4 Å². The van der Waals surface area contributed by atoms with Crippen LogP contribution < -0.4 is 81.8 Å². The van der Waals surface area contributed by atoms with Crippen LogP contribution in [0.3, 0.4) is 0 Å². The average Bonchev–Trinajstić information content (AvgIpc) is 3.65. The summed E-state index contributed by atoms with van der Waals surface area (Å²) < 4.78 is 0. The third-order valence-electron chi connectivity index (χ3n) is 12.9. The Hall–Kier alpha value is -9.53. The van der Waals surface area contributed by atoms with Gasteiger partial charge in [0.2, 0.25) is 35.4 Å². The van der Waals surface area contributed by atoms with Crippen molar-refractivity contribution in [3.8, 4) is 0 Å². The van der Waals surface area contributed by atoms with Crippen molar-refractivity contribution in [2.24, 2.45) is 28.7 Å². The van der Waals surface area contributed by atoms with E-state index in [0.717, 1.165) is 16.3 Å². The summed E-state index contributed by atoms with van der Waals surface area (Å²) >= 11 is 0. The SMILES string of the molecule is N=C(N)NCCC[C@@H](NC(=O)[C@H](CCCNC(N)=O)NC(=O)[C@@H](CCCNC(=N)N)NC(=O)[C@H](CCCNC(N)=O)NC(=O)[C@H](Cc1ccc2ccccc2c1)NC(=O)[C@@H](Cc1ccccc1)NC(=O)[C@@H](N)Cc1ccccc1)C(=O)O. The molecule has 0 saturated heterocycles. The fourth-order valence-electron chi connectivity index (χ4n) is 8.63. The predicted molar refractivity (Wildman–Crippen MR) is 307 cm³/mol. The zero-order valence-electron chi connectivity index (χ0n) is 45.5. The average molecular weight is 1140 g/mol. The number of amides is 10. The van der Waals surface area contributed by atoms with Crippen LogP contribution in [0.5, 0.6) is 0 Å². The Balaban J connectivity index is 1.69. The summed E-state index contributed by atoms with van der Waals surface area (Å²) in [6, 6.07) is 19.6. The molecule has 27 heteroatoms. The zero-order chi connectivity index (χ0) is 60.0. The second-order valence-electron chi connectivity index (χ2n) is 19.4. The highest BCUT2D eigenvalue weighted by Gasteiger charge is 2.34. The highest BCUT2D eigenvalue weighted by atomic mass is 16.4. The molecule has 0 heterocycles. The molecule has 0 aliphatic heterocycles. The zero-order valence-corrected chi connectivity index (χ0v) is 45.5. The molecule has 27 nitrogen and oxygen atoms in total. The van der Waals surface area contributed by atoms with Crippen LogP contribution >= 0.6 is 0 Å². The lowest BCUT2D eigenvalue weighted by Crippen LogP contribution is -2.60. The fraction of sp³-hybridized carbons (Fsp3) is 0.400. The molecule has 0 radical (unpaired) electrons. The minimum Gasteiger partial charge on any atom is -0.480 e. The van der Waals surface area contributed by atoms with E-state index in [-0.39, 0.29) is 109 Å². The molecule has 0 aromatic heterocycles. The third-order valence-corrected chi connectivity index (χ3v) is 12.9. The molecule has 4 rings (SSSR count). The van der Waals surface area contributed by atoms with Crippen LogP contribution in [0.15, 0.2) is 103 Å². The maximum atomic E-state index is 14.9. The highest BCUT2D eigenvalue weighted by Crippen LogP contribution is 2.18. The molecule has 0 saturated carbocycles. The molecule has 4 aromatic carbocycles. The smallest absolute Gasteiger partial charge is 0.326 e. The molecular formula is C55H77N17O10. The van der Waals surface area contributed by atoms with Crippen molar-refractivity contribution in [2.45, 2.75) is 113 Å². The first-order valence-corrected chi connectivity index (χ1v) is 26.8. The van der Waals surface area contributed by atoms with Gasteiger partial charge in [-0.25, -0.2) is 14.4 Å². The molecule has 0 aliphatic carbocycles.